The van der Waals surface area contributed by atoms with Gasteiger partial charge in [0.25, 0.3) is 5.91 Å². The molecule has 3 amide bonds. The number of imidazole rings is 1. The van der Waals surface area contributed by atoms with E-state index in [0.29, 0.717) is 37.2 Å². The van der Waals surface area contributed by atoms with Crippen molar-refractivity contribution in [1.29, 1.82) is 0 Å². The number of carbonyl (C=O) groups excluding carboxylic acids is 2. The van der Waals surface area contributed by atoms with Crippen molar-refractivity contribution in [3.05, 3.63) is 29.8 Å². The average Bonchev–Trinajstić information content (AvgIpc) is 3.05. The monoisotopic (exact) mass is 303 g/mol. The van der Waals surface area contributed by atoms with Crippen LogP contribution in [0, 0.1) is 5.82 Å². The molecule has 1 aromatic carbocycles. The molecule has 8 heteroatoms. The molecule has 0 bridgehead atoms. The molecule has 2 aromatic rings. The minimum absolute atomic E-state index is 0.0172. The van der Waals surface area contributed by atoms with E-state index < -0.39 is 5.82 Å². The number of benzene rings is 1. The van der Waals surface area contributed by atoms with Crippen LogP contribution in [-0.2, 0) is 0 Å². The van der Waals surface area contributed by atoms with Gasteiger partial charge in [-0.2, -0.15) is 0 Å². The molecule has 1 aromatic heterocycles. The van der Waals surface area contributed by atoms with Gasteiger partial charge in [-0.3, -0.25) is 4.79 Å². The Balaban J connectivity index is 1.50. The molecule has 2 saturated heterocycles. The second kappa shape index (κ2) is 4.69. The van der Waals surface area contributed by atoms with Crippen LogP contribution >= 0.6 is 0 Å². The standard InChI is InChI=1S/C14H14FN5O2/c15-10-4-12-11(17-7-18-12)3-9(10)13(21)19-5-8(6-19)20-2-1-16-14(20)22/h3-4,7-8H,1-2,5-6H2,(H,16,22)(H,17,18). The minimum Gasteiger partial charge on any atom is -0.345 e. The van der Waals surface area contributed by atoms with Gasteiger partial charge in [0.2, 0.25) is 0 Å². The lowest BCUT2D eigenvalue weighted by atomic mass is 10.0. The summed E-state index contributed by atoms with van der Waals surface area (Å²) in [6.07, 6.45) is 1.46. The van der Waals surface area contributed by atoms with Crippen molar-refractivity contribution in [1.82, 2.24) is 25.1 Å². The Kier molecular flexibility index (Phi) is 2.78. The molecule has 2 N–H and O–H groups in total. The van der Waals surface area contributed by atoms with Crippen LogP contribution in [-0.4, -0.2) is 63.9 Å². The Morgan fingerprint density at radius 3 is 2.91 bits per heavy atom. The van der Waals surface area contributed by atoms with E-state index in [0.717, 1.165) is 0 Å². The summed E-state index contributed by atoms with van der Waals surface area (Å²) in [5.74, 6) is -0.928. The highest BCUT2D eigenvalue weighted by atomic mass is 19.1. The fraction of sp³-hybridized carbons (Fsp3) is 0.357. The lowest BCUT2D eigenvalue weighted by Gasteiger charge is -2.43. The predicted molar refractivity (Wildman–Crippen MR) is 75.8 cm³/mol. The zero-order chi connectivity index (χ0) is 15.3. The fourth-order valence-corrected chi connectivity index (χ4v) is 2.94. The number of H-pyrrole nitrogens is 1. The second-order valence-electron chi connectivity index (χ2n) is 5.54. The molecule has 0 aliphatic carbocycles. The van der Waals surface area contributed by atoms with E-state index in [1.165, 1.54) is 18.5 Å². The number of hydrogen-bond acceptors (Lipinski definition) is 3. The lowest BCUT2D eigenvalue weighted by Crippen LogP contribution is -2.61. The molecule has 3 heterocycles. The summed E-state index contributed by atoms with van der Waals surface area (Å²) in [4.78, 5) is 34.1. The number of likely N-dealkylation sites (tertiary alicyclic amines) is 1. The molecule has 0 radical (unpaired) electrons. The van der Waals surface area contributed by atoms with Crippen LogP contribution in [0.25, 0.3) is 11.0 Å². The molecular weight excluding hydrogens is 289 g/mol. The largest absolute Gasteiger partial charge is 0.345 e. The molecule has 0 unspecified atom stereocenters. The maximum Gasteiger partial charge on any atom is 0.317 e. The molecule has 0 atom stereocenters. The van der Waals surface area contributed by atoms with Crippen molar-refractivity contribution in [2.45, 2.75) is 6.04 Å². The van der Waals surface area contributed by atoms with E-state index in [4.69, 9.17) is 0 Å². The van der Waals surface area contributed by atoms with Crippen molar-refractivity contribution >= 4 is 23.0 Å². The van der Waals surface area contributed by atoms with Gasteiger partial charge in [0.1, 0.15) is 5.82 Å². The number of aromatic nitrogens is 2. The normalized spacial score (nSPS) is 18.7. The highest BCUT2D eigenvalue weighted by Gasteiger charge is 2.39. The van der Waals surface area contributed by atoms with Crippen molar-refractivity contribution in [3.8, 4) is 0 Å². The second-order valence-corrected chi connectivity index (χ2v) is 5.54. The molecule has 0 spiro atoms. The van der Waals surface area contributed by atoms with Crippen LogP contribution in [0.5, 0.6) is 0 Å². The van der Waals surface area contributed by atoms with Crippen LogP contribution in [0.2, 0.25) is 0 Å². The molecule has 7 nitrogen and oxygen atoms in total. The smallest absolute Gasteiger partial charge is 0.317 e. The Morgan fingerprint density at radius 2 is 2.18 bits per heavy atom. The number of carbonyl (C=O) groups is 2. The third-order valence-electron chi connectivity index (χ3n) is 4.22. The lowest BCUT2D eigenvalue weighted by molar-refractivity contribution is 0.0402. The molecule has 2 fully saturated rings. The molecular formula is C14H14FN5O2. The zero-order valence-corrected chi connectivity index (χ0v) is 11.7. The number of rotatable bonds is 2. The number of fused-ring (bicyclic) bond motifs is 1. The summed E-state index contributed by atoms with van der Waals surface area (Å²) in [6.45, 7) is 2.15. The number of halogens is 1. The molecule has 0 saturated carbocycles. The van der Waals surface area contributed by atoms with Crippen molar-refractivity contribution in [2.24, 2.45) is 0 Å². The number of nitrogens with zero attached hydrogens (tertiary/aromatic N) is 3. The Labute approximate surface area is 125 Å². The number of hydrogen-bond donors (Lipinski definition) is 2. The number of urea groups is 1. The maximum absolute atomic E-state index is 14.1. The van der Waals surface area contributed by atoms with Crippen molar-refractivity contribution < 1.29 is 14.0 Å². The first-order chi connectivity index (χ1) is 10.6. The Hall–Kier alpha value is -2.64. The minimum atomic E-state index is -0.566. The quantitative estimate of drug-likeness (QED) is 0.850. The van der Waals surface area contributed by atoms with Gasteiger partial charge in [0.15, 0.2) is 0 Å². The van der Waals surface area contributed by atoms with E-state index in [1.807, 2.05) is 0 Å². The first kappa shape index (κ1) is 13.1. The topological polar surface area (TPSA) is 81.3 Å². The molecule has 4 rings (SSSR count). The van der Waals surface area contributed by atoms with Gasteiger partial charge in [-0.05, 0) is 6.07 Å². The van der Waals surface area contributed by atoms with Crippen LogP contribution < -0.4 is 5.32 Å². The average molecular weight is 303 g/mol. The van der Waals surface area contributed by atoms with Crippen molar-refractivity contribution in [2.75, 3.05) is 26.2 Å². The molecule has 2 aliphatic heterocycles. The van der Waals surface area contributed by atoms with Crippen LogP contribution in [0.1, 0.15) is 10.4 Å². The van der Waals surface area contributed by atoms with E-state index in [9.17, 15) is 14.0 Å². The van der Waals surface area contributed by atoms with Gasteiger partial charge in [0.05, 0.1) is 29.0 Å². The van der Waals surface area contributed by atoms with Crippen molar-refractivity contribution in [3.63, 3.8) is 0 Å². The number of aromatic amines is 1. The first-order valence-electron chi connectivity index (χ1n) is 7.10. The van der Waals surface area contributed by atoms with Crippen LogP contribution in [0.3, 0.4) is 0 Å². The van der Waals surface area contributed by atoms with E-state index in [-0.39, 0.29) is 23.5 Å². The first-order valence-corrected chi connectivity index (χ1v) is 7.10. The van der Waals surface area contributed by atoms with Gasteiger partial charge in [-0.1, -0.05) is 0 Å². The predicted octanol–water partition coefficient (Wildman–Crippen LogP) is 0.552. The summed E-state index contributed by atoms with van der Waals surface area (Å²) >= 11 is 0. The molecule has 114 valence electrons. The zero-order valence-electron chi connectivity index (χ0n) is 11.7. The summed E-state index contributed by atoms with van der Waals surface area (Å²) in [5, 5.41) is 2.73. The SMILES string of the molecule is O=C(c1cc2nc[nH]c2cc1F)N1CC(N2CCNC2=O)C1. The summed E-state index contributed by atoms with van der Waals surface area (Å²) in [6, 6.07) is 2.66. The third kappa shape index (κ3) is 1.91. The highest BCUT2D eigenvalue weighted by Crippen LogP contribution is 2.23. The Bertz CT molecular complexity index is 768. The Morgan fingerprint density at radius 1 is 1.36 bits per heavy atom. The van der Waals surface area contributed by atoms with E-state index in [2.05, 4.69) is 15.3 Å². The third-order valence-corrected chi connectivity index (χ3v) is 4.22. The summed E-state index contributed by atoms with van der Waals surface area (Å²) < 4.78 is 14.1. The maximum atomic E-state index is 14.1. The van der Waals surface area contributed by atoms with Gasteiger partial charge in [-0.25, -0.2) is 14.2 Å². The van der Waals surface area contributed by atoms with E-state index >= 15 is 0 Å². The van der Waals surface area contributed by atoms with Gasteiger partial charge in [0, 0.05) is 32.2 Å². The molecule has 2 aliphatic rings. The summed E-state index contributed by atoms with van der Waals surface area (Å²) in [5.41, 5.74) is 1.13. The number of amides is 3. The van der Waals surface area contributed by atoms with Crippen LogP contribution in [0.15, 0.2) is 18.5 Å². The fourth-order valence-electron chi connectivity index (χ4n) is 2.94. The highest BCUT2D eigenvalue weighted by molar-refractivity contribution is 5.98. The van der Waals surface area contributed by atoms with Gasteiger partial charge < -0.3 is 20.1 Å². The summed E-state index contributed by atoms with van der Waals surface area (Å²) in [7, 11) is 0. The van der Waals surface area contributed by atoms with E-state index in [1.54, 1.807) is 9.80 Å². The van der Waals surface area contributed by atoms with Crippen LogP contribution in [0.4, 0.5) is 9.18 Å². The molecule has 22 heavy (non-hydrogen) atoms. The number of nitrogens with one attached hydrogen (secondary N) is 2. The van der Waals surface area contributed by atoms with Gasteiger partial charge in [-0.15, -0.1) is 0 Å². The van der Waals surface area contributed by atoms with Gasteiger partial charge >= 0.3 is 6.03 Å².